The van der Waals surface area contributed by atoms with Gasteiger partial charge in [0.1, 0.15) is 0 Å². The molecule has 6 unspecified atom stereocenters. The standard InChI is InChI=1S/C54H49NS/c1-51(2)25-26-52(3,4)49-42(51)15-10-16-44(49)55(45-17-9-13-40-39-12-6-8-18-46(39)56-50(40)45)36-22-19-33(20-23-36)34-21-24-38-37-11-5-7-14-41(37)54(43(38)29-34)47-28-32-27-35-30-48(54)53(35,47)31-32/h5-24,29,32,35,47-48H,25-28,30-31H2,1-4H3. The molecule has 7 aromatic rings. The lowest BCUT2D eigenvalue weighted by atomic mass is 9.27. The van der Waals surface area contributed by atoms with Crippen molar-refractivity contribution in [2.45, 2.75) is 82.5 Å². The van der Waals surface area contributed by atoms with Gasteiger partial charge in [-0.15, -0.1) is 11.3 Å². The van der Waals surface area contributed by atoms with E-state index in [1.165, 1.54) is 109 Å². The molecule has 0 N–H and O–H groups in total. The van der Waals surface area contributed by atoms with Crippen molar-refractivity contribution in [2.24, 2.45) is 29.1 Å². The Kier molecular flexibility index (Phi) is 6.16. The van der Waals surface area contributed by atoms with Crippen LogP contribution in [0, 0.1) is 29.1 Å². The van der Waals surface area contributed by atoms with Crippen LogP contribution in [0.2, 0.25) is 0 Å². The molecule has 2 spiro atoms. The lowest BCUT2D eigenvalue weighted by Crippen LogP contribution is -2.73. The minimum atomic E-state index is 0.0605. The Morgan fingerprint density at radius 2 is 1.27 bits per heavy atom. The SMILES string of the molecule is CC1(C)CCC(C)(C)c2c(N(c3ccc(-c4ccc5c(c4)C4(c6ccccc6-5)C5CC6CC7CC4C75C6)cc3)c3cccc4c3sc3ccccc34)cccc21. The Hall–Kier alpha value is -4.66. The second-order valence-electron chi connectivity index (χ2n) is 20.0. The largest absolute Gasteiger partial charge is 0.309 e. The lowest BCUT2D eigenvalue weighted by Gasteiger charge is -2.76. The zero-order chi connectivity index (χ0) is 37.3. The van der Waals surface area contributed by atoms with Crippen LogP contribution in [-0.2, 0) is 16.2 Å². The van der Waals surface area contributed by atoms with Gasteiger partial charge in [-0.1, -0.05) is 119 Å². The van der Waals surface area contributed by atoms with Crippen LogP contribution >= 0.6 is 11.3 Å². The van der Waals surface area contributed by atoms with Gasteiger partial charge in [-0.3, -0.25) is 0 Å². The fourth-order valence-electron chi connectivity index (χ4n) is 14.5. The van der Waals surface area contributed by atoms with Gasteiger partial charge >= 0.3 is 0 Å². The van der Waals surface area contributed by atoms with E-state index in [0.29, 0.717) is 5.41 Å². The molecule has 2 heteroatoms. The monoisotopic (exact) mass is 743 g/mol. The first-order valence-corrected chi connectivity index (χ1v) is 22.2. The number of benzene rings is 6. The van der Waals surface area contributed by atoms with Gasteiger partial charge in [-0.2, -0.15) is 0 Å². The average Bonchev–Trinajstić information content (AvgIpc) is 3.95. The van der Waals surface area contributed by atoms with Gasteiger partial charge in [-0.05, 0) is 159 Å². The number of rotatable bonds is 4. The highest BCUT2D eigenvalue weighted by Gasteiger charge is 2.84. The molecule has 0 radical (unpaired) electrons. The summed E-state index contributed by atoms with van der Waals surface area (Å²) < 4.78 is 2.70. The summed E-state index contributed by atoms with van der Waals surface area (Å²) in [6.07, 6.45) is 8.29. The van der Waals surface area contributed by atoms with Gasteiger partial charge in [0.2, 0.25) is 0 Å². The maximum Gasteiger partial charge on any atom is 0.0640 e. The van der Waals surface area contributed by atoms with E-state index in [9.17, 15) is 0 Å². The second kappa shape index (κ2) is 10.6. The van der Waals surface area contributed by atoms with E-state index in [1.54, 1.807) is 11.1 Å². The number of nitrogens with zero attached hydrogens (tertiary/aromatic N) is 1. The molecule has 1 aromatic heterocycles. The summed E-state index contributed by atoms with van der Waals surface area (Å²) in [6.45, 7) is 9.82. The van der Waals surface area contributed by atoms with Crippen molar-refractivity contribution in [3.63, 3.8) is 0 Å². The Labute approximate surface area is 335 Å². The summed E-state index contributed by atoms with van der Waals surface area (Å²) in [5.41, 5.74) is 16.8. The summed E-state index contributed by atoms with van der Waals surface area (Å²) in [7, 11) is 0. The molecule has 0 aliphatic heterocycles. The normalized spacial score (nSPS) is 29.1. The molecule has 6 atom stereocenters. The number of hydrogen-bond donors (Lipinski definition) is 0. The molecule has 0 amide bonds. The van der Waals surface area contributed by atoms with Crippen LogP contribution in [0.1, 0.15) is 88.5 Å². The molecule has 56 heavy (non-hydrogen) atoms. The van der Waals surface area contributed by atoms with E-state index in [-0.39, 0.29) is 16.2 Å². The van der Waals surface area contributed by atoms with Crippen LogP contribution in [0.5, 0.6) is 0 Å². The molecule has 6 aliphatic carbocycles. The highest BCUT2D eigenvalue weighted by atomic mass is 32.1. The molecule has 4 fully saturated rings. The van der Waals surface area contributed by atoms with E-state index in [0.717, 1.165) is 23.7 Å². The van der Waals surface area contributed by atoms with Gasteiger partial charge in [0.15, 0.2) is 0 Å². The van der Waals surface area contributed by atoms with Crippen molar-refractivity contribution < 1.29 is 0 Å². The quantitative estimate of drug-likeness (QED) is 0.174. The van der Waals surface area contributed by atoms with Crippen LogP contribution < -0.4 is 4.90 Å². The highest BCUT2D eigenvalue weighted by Crippen LogP contribution is 2.89. The molecule has 1 nitrogen and oxygen atoms in total. The smallest absolute Gasteiger partial charge is 0.0640 e. The van der Waals surface area contributed by atoms with E-state index in [2.05, 4.69) is 160 Å². The highest BCUT2D eigenvalue weighted by molar-refractivity contribution is 7.26. The molecule has 6 aliphatic rings. The Morgan fingerprint density at radius 1 is 0.571 bits per heavy atom. The van der Waals surface area contributed by atoms with Crippen LogP contribution in [0.25, 0.3) is 42.4 Å². The first kappa shape index (κ1) is 32.4. The van der Waals surface area contributed by atoms with E-state index in [4.69, 9.17) is 0 Å². The van der Waals surface area contributed by atoms with Gasteiger partial charge in [0.05, 0.1) is 16.1 Å². The molecule has 13 rings (SSSR count). The fourth-order valence-corrected chi connectivity index (χ4v) is 15.7. The Balaban J connectivity index is 0.969. The third-order valence-corrected chi connectivity index (χ3v) is 18.0. The Morgan fingerprint density at radius 3 is 2.14 bits per heavy atom. The topological polar surface area (TPSA) is 3.24 Å². The first-order chi connectivity index (χ1) is 27.2. The number of anilines is 3. The second-order valence-corrected chi connectivity index (χ2v) is 21.0. The summed E-state index contributed by atoms with van der Waals surface area (Å²) in [6, 6.07) is 49.7. The van der Waals surface area contributed by atoms with E-state index in [1.807, 2.05) is 11.3 Å². The van der Waals surface area contributed by atoms with Crippen LogP contribution in [0.4, 0.5) is 17.1 Å². The van der Waals surface area contributed by atoms with Crippen molar-refractivity contribution in [1.29, 1.82) is 0 Å². The minimum Gasteiger partial charge on any atom is -0.309 e. The third-order valence-electron chi connectivity index (χ3n) is 16.8. The summed E-state index contributed by atoms with van der Waals surface area (Å²) in [4.78, 5) is 2.60. The van der Waals surface area contributed by atoms with E-state index >= 15 is 0 Å². The maximum atomic E-state index is 2.64. The van der Waals surface area contributed by atoms with Gasteiger partial charge in [0.25, 0.3) is 0 Å². The van der Waals surface area contributed by atoms with Crippen LogP contribution in [0.3, 0.4) is 0 Å². The van der Waals surface area contributed by atoms with Gasteiger partial charge in [-0.25, -0.2) is 0 Å². The fraction of sp³-hybridized carbons (Fsp3) is 0.333. The van der Waals surface area contributed by atoms with E-state index < -0.39 is 0 Å². The summed E-state index contributed by atoms with van der Waals surface area (Å²) in [5.74, 6) is 3.62. The summed E-state index contributed by atoms with van der Waals surface area (Å²) in [5, 5.41) is 2.69. The van der Waals surface area contributed by atoms with Crippen molar-refractivity contribution >= 4 is 48.6 Å². The predicted molar refractivity (Wildman–Crippen MR) is 236 cm³/mol. The number of thiophene rings is 1. The number of hydrogen-bond acceptors (Lipinski definition) is 2. The molecule has 276 valence electrons. The molecule has 4 saturated carbocycles. The summed E-state index contributed by atoms with van der Waals surface area (Å²) >= 11 is 1.93. The molecule has 1 heterocycles. The minimum absolute atomic E-state index is 0.0605. The molecule has 6 aromatic carbocycles. The average molecular weight is 744 g/mol. The maximum absolute atomic E-state index is 2.64. The molecular weight excluding hydrogens is 695 g/mol. The van der Waals surface area contributed by atoms with Crippen molar-refractivity contribution in [2.75, 3.05) is 4.90 Å². The van der Waals surface area contributed by atoms with Crippen molar-refractivity contribution in [1.82, 2.24) is 0 Å². The molecule has 2 bridgehead atoms. The first-order valence-electron chi connectivity index (χ1n) is 21.4. The third kappa shape index (κ3) is 3.79. The van der Waals surface area contributed by atoms with Crippen LogP contribution in [-0.4, -0.2) is 0 Å². The molecular formula is C54H49NS. The van der Waals surface area contributed by atoms with Gasteiger partial charge in [0, 0.05) is 26.6 Å². The number of fused-ring (bicyclic) bond motifs is 12. The zero-order valence-electron chi connectivity index (χ0n) is 33.0. The lowest BCUT2D eigenvalue weighted by molar-refractivity contribution is -0.231. The Bertz CT molecular complexity index is 2820. The molecule has 0 saturated heterocycles. The van der Waals surface area contributed by atoms with Crippen LogP contribution in [0.15, 0.2) is 127 Å². The zero-order valence-corrected chi connectivity index (χ0v) is 33.8. The predicted octanol–water partition coefficient (Wildman–Crippen LogP) is 14.9. The van der Waals surface area contributed by atoms with Crippen molar-refractivity contribution in [3.8, 4) is 22.3 Å². The van der Waals surface area contributed by atoms with Crippen molar-refractivity contribution in [3.05, 3.63) is 150 Å². The van der Waals surface area contributed by atoms with Gasteiger partial charge < -0.3 is 4.90 Å².